The van der Waals surface area contributed by atoms with Crippen LogP contribution in [0.5, 0.6) is 11.5 Å². The Morgan fingerprint density at radius 3 is 1.25 bits per heavy atom. The third-order valence-corrected chi connectivity index (χ3v) is 12.9. The van der Waals surface area contributed by atoms with Gasteiger partial charge in [-0.1, -0.05) is 24.3 Å². The van der Waals surface area contributed by atoms with E-state index in [4.69, 9.17) is 18.9 Å². The SMILES string of the molecule is CCN(CC)c1ccc(C2(C)OC(=O)C(=Cc3cc(C)cc(-n4nc5ccccc5n4)c3O)C(=O)O2)cc1.CCN(CC)c1ccc(C2(C)OC(=O)CC(=O)O2)cc1.Cc1cc(C=O)c(O)c(-n2nc3ccccc3n2)c1. The number of hydrogen-bond acceptors (Lipinski definition) is 17. The first-order valence-corrected chi connectivity index (χ1v) is 25.0. The van der Waals surface area contributed by atoms with Gasteiger partial charge in [0, 0.05) is 68.1 Å². The lowest BCUT2D eigenvalue weighted by Crippen LogP contribution is -2.42. The van der Waals surface area contributed by atoms with Gasteiger partial charge in [0.15, 0.2) is 12.0 Å². The standard InChI is InChI=1S/C29H28N4O5.C15H19NO4.C14H11N3O2/c1-5-32(6-2)21-13-11-20(12-14-21)29(4)37-27(35)22(28(36)38-29)17-19-15-18(3)16-25(26(19)34)33-30-23-9-7-8-10-24(23)31-33;1-4-16(5-2)12-8-6-11(7-9-12)15(3)19-13(17)10-14(18)20-15;1-9-6-10(8-18)14(19)13(7-9)17-15-11-4-2-3-5-12(11)16-17/h7-17,34H,5-6H2,1-4H3;6-9H,4-5,10H2,1-3H3;2-8,19H,1H3. The van der Waals surface area contributed by atoms with E-state index in [0.29, 0.717) is 39.8 Å². The molecular formula is C58H58N8O11. The number of carbonyl (C=O) groups is 5. The number of aromatic hydroxyl groups is 2. The Balaban J connectivity index is 0.000000169. The van der Waals surface area contributed by atoms with E-state index in [-0.39, 0.29) is 34.6 Å². The quantitative estimate of drug-likeness (QED) is 0.0382. The maximum atomic E-state index is 13.0. The highest BCUT2D eigenvalue weighted by Crippen LogP contribution is 2.37. The predicted octanol–water partition coefficient (Wildman–Crippen LogP) is 9.08. The number of aldehydes is 1. The summed E-state index contributed by atoms with van der Waals surface area (Å²) < 4.78 is 21.6. The summed E-state index contributed by atoms with van der Waals surface area (Å²) in [4.78, 5) is 66.8. The van der Waals surface area contributed by atoms with E-state index in [1.807, 2.05) is 98.8 Å². The summed E-state index contributed by atoms with van der Waals surface area (Å²) in [5, 5.41) is 38.5. The molecule has 19 heteroatoms. The molecule has 396 valence electrons. The zero-order valence-electron chi connectivity index (χ0n) is 43.9. The predicted molar refractivity (Wildman–Crippen MR) is 288 cm³/mol. The van der Waals surface area contributed by atoms with Gasteiger partial charge in [-0.05, 0) is 156 Å². The van der Waals surface area contributed by atoms with Crippen LogP contribution in [0.15, 0.2) is 127 Å². The summed E-state index contributed by atoms with van der Waals surface area (Å²) in [5.41, 5.74) is 8.54. The zero-order valence-corrected chi connectivity index (χ0v) is 43.9. The highest BCUT2D eigenvalue weighted by atomic mass is 16.8. The van der Waals surface area contributed by atoms with Crippen molar-refractivity contribution in [3.05, 3.63) is 160 Å². The number of cyclic esters (lactones) is 4. The highest BCUT2D eigenvalue weighted by Gasteiger charge is 2.44. The summed E-state index contributed by atoms with van der Waals surface area (Å²) in [6, 6.07) is 36.3. The Bertz CT molecular complexity index is 3440. The van der Waals surface area contributed by atoms with Gasteiger partial charge in [-0.2, -0.15) is 0 Å². The molecule has 0 spiro atoms. The summed E-state index contributed by atoms with van der Waals surface area (Å²) in [7, 11) is 0. The minimum atomic E-state index is -1.58. The molecule has 0 bridgehead atoms. The second kappa shape index (κ2) is 22.6. The van der Waals surface area contributed by atoms with E-state index >= 15 is 0 Å². The molecule has 2 N–H and O–H groups in total. The number of ether oxygens (including phenoxy) is 4. The van der Waals surface area contributed by atoms with Crippen LogP contribution in [0.1, 0.15) is 86.1 Å². The van der Waals surface area contributed by atoms with Gasteiger partial charge in [-0.15, -0.1) is 30.0 Å². The van der Waals surface area contributed by atoms with Crippen LogP contribution >= 0.6 is 0 Å². The molecule has 2 saturated heterocycles. The summed E-state index contributed by atoms with van der Waals surface area (Å²) >= 11 is 0. The fraction of sp³-hybridized carbons (Fsp3) is 0.259. The number of carbonyl (C=O) groups excluding carboxylic acids is 5. The molecule has 19 nitrogen and oxygen atoms in total. The number of hydrogen-bond donors (Lipinski definition) is 2. The van der Waals surface area contributed by atoms with Gasteiger partial charge in [0.25, 0.3) is 11.6 Å². The molecule has 2 aliphatic heterocycles. The van der Waals surface area contributed by atoms with E-state index in [0.717, 1.165) is 59.7 Å². The topological polar surface area (TPSA) is 231 Å². The van der Waals surface area contributed by atoms with Crippen LogP contribution in [0.25, 0.3) is 39.5 Å². The molecule has 2 fully saturated rings. The number of esters is 4. The first kappa shape index (κ1) is 53.9. The maximum Gasteiger partial charge on any atom is 0.349 e. The first-order chi connectivity index (χ1) is 36.9. The number of rotatable bonds is 12. The average molecular weight is 1040 g/mol. The molecule has 0 unspecified atom stereocenters. The molecule has 0 aliphatic carbocycles. The number of phenolic OH excluding ortho intramolecular Hbond substituents is 2. The van der Waals surface area contributed by atoms with Crippen molar-refractivity contribution in [1.82, 2.24) is 30.0 Å². The number of aromatic nitrogens is 6. The minimum Gasteiger partial charge on any atom is -0.505 e. The number of fused-ring (bicyclic) bond motifs is 2. The van der Waals surface area contributed by atoms with E-state index in [2.05, 4.69) is 57.9 Å². The van der Waals surface area contributed by atoms with Crippen molar-refractivity contribution < 1.29 is 53.1 Å². The van der Waals surface area contributed by atoms with Crippen LogP contribution in [0.3, 0.4) is 0 Å². The molecule has 10 rings (SSSR count). The van der Waals surface area contributed by atoms with Gasteiger partial charge in [0.2, 0.25) is 0 Å². The van der Waals surface area contributed by atoms with Crippen LogP contribution in [-0.2, 0) is 49.7 Å². The average Bonchev–Trinajstić information content (AvgIpc) is 4.06. The number of benzene rings is 6. The Morgan fingerprint density at radius 2 is 0.883 bits per heavy atom. The van der Waals surface area contributed by atoms with E-state index in [1.54, 1.807) is 43.3 Å². The number of anilines is 2. The van der Waals surface area contributed by atoms with Gasteiger partial charge in [0.05, 0.1) is 5.56 Å². The monoisotopic (exact) mass is 1040 g/mol. The van der Waals surface area contributed by atoms with Gasteiger partial charge in [-0.25, -0.2) is 9.59 Å². The molecule has 0 saturated carbocycles. The molecule has 77 heavy (non-hydrogen) atoms. The summed E-state index contributed by atoms with van der Waals surface area (Å²) in [6.07, 6.45) is 1.56. The van der Waals surface area contributed by atoms with Gasteiger partial charge >= 0.3 is 23.9 Å². The second-order valence-corrected chi connectivity index (χ2v) is 18.3. The summed E-state index contributed by atoms with van der Waals surface area (Å²) in [5.74, 6) is -6.01. The molecule has 0 radical (unpaired) electrons. The van der Waals surface area contributed by atoms with Crippen LogP contribution in [0, 0.1) is 13.8 Å². The molecule has 6 aromatic carbocycles. The third-order valence-electron chi connectivity index (χ3n) is 12.9. The van der Waals surface area contributed by atoms with Crippen molar-refractivity contribution in [1.29, 1.82) is 0 Å². The van der Waals surface area contributed by atoms with Crippen LogP contribution in [-0.4, -0.2) is 96.5 Å². The van der Waals surface area contributed by atoms with Gasteiger partial charge < -0.3 is 39.0 Å². The van der Waals surface area contributed by atoms with Crippen molar-refractivity contribution in [3.8, 4) is 22.9 Å². The summed E-state index contributed by atoms with van der Waals surface area (Å²) in [6.45, 7) is 18.6. The fourth-order valence-electron chi connectivity index (χ4n) is 8.86. The lowest BCUT2D eigenvalue weighted by molar-refractivity contribution is -0.243. The number of nitrogens with zero attached hydrogens (tertiary/aromatic N) is 8. The normalized spacial score (nSPS) is 15.7. The van der Waals surface area contributed by atoms with Crippen molar-refractivity contribution >= 4 is 69.7 Å². The van der Waals surface area contributed by atoms with E-state index < -0.39 is 35.5 Å². The van der Waals surface area contributed by atoms with Crippen LogP contribution < -0.4 is 9.80 Å². The van der Waals surface area contributed by atoms with E-state index in [1.165, 1.54) is 22.6 Å². The van der Waals surface area contributed by atoms with Crippen LogP contribution in [0.2, 0.25) is 0 Å². The molecule has 0 amide bonds. The molecular weight excluding hydrogens is 985 g/mol. The lowest BCUT2D eigenvalue weighted by Gasteiger charge is -2.34. The fourth-order valence-corrected chi connectivity index (χ4v) is 8.86. The molecule has 2 aromatic heterocycles. The Morgan fingerprint density at radius 1 is 0.532 bits per heavy atom. The van der Waals surface area contributed by atoms with Crippen molar-refractivity contribution in [2.24, 2.45) is 0 Å². The smallest absolute Gasteiger partial charge is 0.349 e. The van der Waals surface area contributed by atoms with Crippen LogP contribution in [0.4, 0.5) is 11.4 Å². The van der Waals surface area contributed by atoms with Crippen molar-refractivity contribution in [2.75, 3.05) is 36.0 Å². The highest BCUT2D eigenvalue weighted by molar-refractivity contribution is 6.19. The molecule has 8 aromatic rings. The maximum absolute atomic E-state index is 13.0. The van der Waals surface area contributed by atoms with Crippen molar-refractivity contribution in [3.63, 3.8) is 0 Å². The zero-order chi connectivity index (χ0) is 55.2. The Kier molecular flexibility index (Phi) is 15.8. The molecule has 0 atom stereocenters. The lowest BCUT2D eigenvalue weighted by atomic mass is 10.0. The largest absolute Gasteiger partial charge is 0.505 e. The third kappa shape index (κ3) is 11.6. The van der Waals surface area contributed by atoms with Crippen molar-refractivity contribution in [2.45, 2.75) is 73.4 Å². The first-order valence-electron chi connectivity index (χ1n) is 25.0. The molecule has 4 heterocycles. The molecule has 2 aliphatic rings. The van der Waals surface area contributed by atoms with Gasteiger partial charge in [0.1, 0.15) is 51.2 Å². The van der Waals surface area contributed by atoms with Gasteiger partial charge in [-0.3, -0.25) is 14.4 Å². The number of phenols is 2. The second-order valence-electron chi connectivity index (χ2n) is 18.3. The minimum absolute atomic E-state index is 0.110. The Hall–Kier alpha value is -9.39. The van der Waals surface area contributed by atoms with E-state index in [9.17, 15) is 34.2 Å². The number of aryl methyl sites for hydroxylation is 2. The Labute approximate surface area is 443 Å².